The van der Waals surface area contributed by atoms with Crippen molar-refractivity contribution < 1.29 is 22.4 Å². The highest BCUT2D eigenvalue weighted by molar-refractivity contribution is 7.89. The van der Waals surface area contributed by atoms with Crippen molar-refractivity contribution in [2.24, 2.45) is 11.1 Å². The molecule has 0 radical (unpaired) electrons. The Bertz CT molecular complexity index is 720. The fourth-order valence-corrected chi connectivity index (χ4v) is 4.97. The topological polar surface area (TPSA) is 103 Å². The van der Waals surface area contributed by atoms with E-state index in [1.807, 2.05) is 13.8 Å². The molecule has 2 rings (SSSR count). The van der Waals surface area contributed by atoms with Gasteiger partial charge < -0.3 is 14.9 Å². The second kappa shape index (κ2) is 5.92. The van der Waals surface area contributed by atoms with E-state index in [4.69, 9.17) is 14.9 Å². The van der Waals surface area contributed by atoms with Crippen LogP contribution >= 0.6 is 0 Å². The number of carbonyl (C=O) groups excluding carboxylic acids is 1. The summed E-state index contributed by atoms with van der Waals surface area (Å²) in [5.74, 6) is -0.289. The molecule has 0 aromatic carbocycles. The van der Waals surface area contributed by atoms with Crippen LogP contribution in [0.4, 0.5) is 0 Å². The van der Waals surface area contributed by atoms with Crippen molar-refractivity contribution in [2.45, 2.75) is 45.1 Å². The summed E-state index contributed by atoms with van der Waals surface area (Å²) in [6, 6.07) is -0.0683. The van der Waals surface area contributed by atoms with E-state index in [1.54, 1.807) is 6.92 Å². The summed E-state index contributed by atoms with van der Waals surface area (Å²) in [6.07, 6.45) is 0.565. The van der Waals surface area contributed by atoms with E-state index in [2.05, 4.69) is 0 Å². The van der Waals surface area contributed by atoms with Gasteiger partial charge in [-0.2, -0.15) is 4.31 Å². The van der Waals surface area contributed by atoms with Gasteiger partial charge in [0.1, 0.15) is 22.0 Å². The van der Waals surface area contributed by atoms with Gasteiger partial charge in [-0.15, -0.1) is 0 Å². The van der Waals surface area contributed by atoms with Gasteiger partial charge in [0.05, 0.1) is 7.11 Å². The first-order valence-electron chi connectivity index (χ1n) is 7.46. The molecular formula is C15H24N2O5S. The average Bonchev–Trinajstić information content (AvgIpc) is 2.76. The van der Waals surface area contributed by atoms with Crippen molar-refractivity contribution in [1.29, 1.82) is 0 Å². The number of carbonyl (C=O) groups is 1. The van der Waals surface area contributed by atoms with Crippen LogP contribution in [0.3, 0.4) is 0 Å². The number of hydrogen-bond donors (Lipinski definition) is 1. The van der Waals surface area contributed by atoms with E-state index in [9.17, 15) is 13.2 Å². The van der Waals surface area contributed by atoms with Gasteiger partial charge >= 0.3 is 5.97 Å². The first-order valence-corrected chi connectivity index (χ1v) is 8.90. The largest absolute Gasteiger partial charge is 0.465 e. The van der Waals surface area contributed by atoms with E-state index in [1.165, 1.54) is 18.3 Å². The molecule has 23 heavy (non-hydrogen) atoms. The van der Waals surface area contributed by atoms with E-state index < -0.39 is 16.0 Å². The molecule has 1 unspecified atom stereocenters. The molecule has 2 heterocycles. The minimum atomic E-state index is -3.87. The van der Waals surface area contributed by atoms with Gasteiger partial charge in [0.2, 0.25) is 10.0 Å². The molecule has 8 heteroatoms. The van der Waals surface area contributed by atoms with Crippen LogP contribution in [0.5, 0.6) is 0 Å². The summed E-state index contributed by atoms with van der Waals surface area (Å²) in [7, 11) is -2.66. The van der Waals surface area contributed by atoms with Crippen LogP contribution in [0.15, 0.2) is 9.31 Å². The van der Waals surface area contributed by atoms with Gasteiger partial charge in [-0.3, -0.25) is 0 Å². The fraction of sp³-hybridized carbons (Fsp3) is 0.667. The smallest absolute Gasteiger partial charge is 0.342 e. The maximum absolute atomic E-state index is 13.1. The first-order chi connectivity index (χ1) is 10.5. The molecular weight excluding hydrogens is 320 g/mol. The second-order valence-electron chi connectivity index (χ2n) is 6.63. The van der Waals surface area contributed by atoms with E-state index in [0.29, 0.717) is 19.5 Å². The van der Waals surface area contributed by atoms with Gasteiger partial charge in [-0.25, -0.2) is 13.2 Å². The number of hydrogen-bond acceptors (Lipinski definition) is 6. The number of piperidine rings is 1. The number of nitrogens with two attached hydrogens (primary N) is 1. The molecule has 0 amide bonds. The molecule has 130 valence electrons. The lowest BCUT2D eigenvalue weighted by molar-refractivity contribution is 0.0594. The summed E-state index contributed by atoms with van der Waals surface area (Å²) < 4.78 is 37.6. The molecule has 1 fully saturated rings. The molecule has 0 bridgehead atoms. The van der Waals surface area contributed by atoms with Crippen molar-refractivity contribution in [3.8, 4) is 0 Å². The quantitative estimate of drug-likeness (QED) is 0.832. The van der Waals surface area contributed by atoms with Crippen LogP contribution in [0.25, 0.3) is 0 Å². The number of furan rings is 1. The number of ether oxygens (including phenoxy) is 1. The summed E-state index contributed by atoms with van der Waals surface area (Å²) in [5.41, 5.74) is 5.70. The molecule has 1 aliphatic rings. The normalized spacial score (nSPS) is 22.1. The molecule has 1 aromatic rings. The number of nitrogens with zero attached hydrogens (tertiary/aromatic N) is 1. The summed E-state index contributed by atoms with van der Waals surface area (Å²) >= 11 is 0. The minimum absolute atomic E-state index is 0.0299. The Hall–Kier alpha value is -1.38. The molecule has 0 saturated carbocycles. The standard InChI is InChI=1S/C15H24N2O5S/c1-9-12(14(18)21-5)13(10(2)22-9)23(19,20)17-7-6-11(16)15(3,4)8-17/h11H,6-8,16H2,1-5H3. The lowest BCUT2D eigenvalue weighted by Crippen LogP contribution is -2.54. The Morgan fingerprint density at radius 1 is 1.35 bits per heavy atom. The highest BCUT2D eigenvalue weighted by Crippen LogP contribution is 2.35. The van der Waals surface area contributed by atoms with Crippen LogP contribution in [0, 0.1) is 19.3 Å². The Morgan fingerprint density at radius 3 is 2.48 bits per heavy atom. The van der Waals surface area contributed by atoms with Crippen molar-refractivity contribution in [2.75, 3.05) is 20.2 Å². The molecule has 1 aliphatic heterocycles. The Kier molecular flexibility index (Phi) is 4.62. The monoisotopic (exact) mass is 344 g/mol. The maximum Gasteiger partial charge on any atom is 0.342 e. The number of rotatable bonds is 3. The third-order valence-corrected chi connectivity index (χ3v) is 6.47. The Balaban J connectivity index is 2.51. The van der Waals surface area contributed by atoms with Crippen molar-refractivity contribution >= 4 is 16.0 Å². The zero-order chi connectivity index (χ0) is 17.6. The molecule has 1 aromatic heterocycles. The van der Waals surface area contributed by atoms with Crippen molar-refractivity contribution in [3.05, 3.63) is 17.1 Å². The van der Waals surface area contributed by atoms with Crippen LogP contribution in [-0.2, 0) is 14.8 Å². The summed E-state index contributed by atoms with van der Waals surface area (Å²) in [5, 5.41) is 0. The number of aryl methyl sites for hydroxylation is 2. The Labute approximate surface area is 136 Å². The molecule has 0 spiro atoms. The predicted octanol–water partition coefficient (Wildman–Crippen LogP) is 1.43. The molecule has 1 saturated heterocycles. The van der Waals surface area contributed by atoms with Crippen LogP contribution < -0.4 is 5.73 Å². The predicted molar refractivity (Wildman–Crippen MR) is 84.7 cm³/mol. The molecule has 1 atom stereocenters. The van der Waals surface area contributed by atoms with Gasteiger partial charge in [-0.1, -0.05) is 13.8 Å². The third kappa shape index (κ3) is 3.02. The zero-order valence-electron chi connectivity index (χ0n) is 14.2. The van der Waals surface area contributed by atoms with E-state index in [-0.39, 0.29) is 33.4 Å². The summed E-state index contributed by atoms with van der Waals surface area (Å²) in [4.78, 5) is 11.9. The highest BCUT2D eigenvalue weighted by atomic mass is 32.2. The lowest BCUT2D eigenvalue weighted by Gasteiger charge is -2.41. The van der Waals surface area contributed by atoms with E-state index >= 15 is 0 Å². The Morgan fingerprint density at radius 2 is 1.96 bits per heavy atom. The van der Waals surface area contributed by atoms with Crippen LogP contribution in [-0.4, -0.2) is 44.9 Å². The van der Waals surface area contributed by atoms with Crippen LogP contribution in [0.2, 0.25) is 0 Å². The lowest BCUT2D eigenvalue weighted by atomic mass is 9.81. The van der Waals surface area contributed by atoms with Crippen molar-refractivity contribution in [3.63, 3.8) is 0 Å². The number of sulfonamides is 1. The van der Waals surface area contributed by atoms with Gasteiger partial charge in [-0.05, 0) is 25.7 Å². The molecule has 2 N–H and O–H groups in total. The third-order valence-electron chi connectivity index (χ3n) is 4.47. The molecule has 7 nitrogen and oxygen atoms in total. The van der Waals surface area contributed by atoms with Gasteiger partial charge in [0.25, 0.3) is 0 Å². The van der Waals surface area contributed by atoms with Gasteiger partial charge in [0, 0.05) is 19.1 Å². The average molecular weight is 344 g/mol. The molecule has 0 aliphatic carbocycles. The SMILES string of the molecule is COC(=O)c1c(C)oc(C)c1S(=O)(=O)N1CCC(N)C(C)(C)C1. The number of esters is 1. The summed E-state index contributed by atoms with van der Waals surface area (Å²) in [6.45, 7) is 7.57. The maximum atomic E-state index is 13.1. The zero-order valence-corrected chi connectivity index (χ0v) is 15.0. The fourth-order valence-electron chi connectivity index (χ4n) is 2.97. The highest BCUT2D eigenvalue weighted by Gasteiger charge is 2.42. The minimum Gasteiger partial charge on any atom is -0.465 e. The van der Waals surface area contributed by atoms with Crippen LogP contribution in [0.1, 0.15) is 42.1 Å². The van der Waals surface area contributed by atoms with E-state index in [0.717, 1.165) is 0 Å². The number of methoxy groups -OCH3 is 1. The second-order valence-corrected chi connectivity index (χ2v) is 8.51. The van der Waals surface area contributed by atoms with Gasteiger partial charge in [0.15, 0.2) is 0 Å². The van der Waals surface area contributed by atoms with Crippen molar-refractivity contribution in [1.82, 2.24) is 4.31 Å². The first kappa shape index (κ1) is 18.0.